The molecule has 39 heavy (non-hydrogen) atoms. The minimum Gasteiger partial charge on any atom is -0.497 e. The Labute approximate surface area is 225 Å². The van der Waals surface area contributed by atoms with Gasteiger partial charge in [-0.25, -0.2) is 13.2 Å². The van der Waals surface area contributed by atoms with E-state index in [-0.39, 0.29) is 13.0 Å². The third kappa shape index (κ3) is 6.70. The highest BCUT2D eigenvalue weighted by Gasteiger charge is 2.37. The van der Waals surface area contributed by atoms with Gasteiger partial charge in [0, 0.05) is 23.7 Å². The van der Waals surface area contributed by atoms with Crippen LogP contribution in [0.4, 0.5) is 13.2 Å². The van der Waals surface area contributed by atoms with Crippen LogP contribution in [0, 0.1) is 41.6 Å². The molecule has 0 saturated carbocycles. The van der Waals surface area contributed by atoms with Gasteiger partial charge in [-0.2, -0.15) is 0 Å². The number of aromatic nitrogens is 1. The van der Waals surface area contributed by atoms with Crippen molar-refractivity contribution in [3.05, 3.63) is 70.7 Å². The molecule has 2 aromatic carbocycles. The summed E-state index contributed by atoms with van der Waals surface area (Å²) in [5.74, 6) is 1.86. The maximum atomic E-state index is 13.8. The number of carboxylic acids is 1. The van der Waals surface area contributed by atoms with Gasteiger partial charge in [-0.3, -0.25) is 14.7 Å². The molecule has 0 spiro atoms. The molecule has 9 heteroatoms. The molecule has 0 bridgehead atoms. The fraction of sp³-hybridized carbons (Fsp3) is 0.400. The van der Waals surface area contributed by atoms with Crippen molar-refractivity contribution >= 4 is 16.9 Å². The molecule has 0 amide bonds. The highest BCUT2D eigenvalue weighted by atomic mass is 19.1. The lowest BCUT2D eigenvalue weighted by Gasteiger charge is -2.41. The Balaban J connectivity index is 1.44. The van der Waals surface area contributed by atoms with Gasteiger partial charge in [0.25, 0.3) is 0 Å². The number of nitrogens with zero attached hydrogens (tertiary/aromatic N) is 2. The van der Waals surface area contributed by atoms with Gasteiger partial charge in [0.05, 0.1) is 37.3 Å². The predicted octanol–water partition coefficient (Wildman–Crippen LogP) is 5.39. The number of pyridine rings is 1. The predicted molar refractivity (Wildman–Crippen MR) is 141 cm³/mol. The number of carbonyl (C=O) groups is 1. The fourth-order valence-corrected chi connectivity index (χ4v) is 5.37. The van der Waals surface area contributed by atoms with Gasteiger partial charge >= 0.3 is 5.97 Å². The van der Waals surface area contributed by atoms with Crippen molar-refractivity contribution in [1.29, 1.82) is 0 Å². The molecular formula is C30H31F3N2O4. The maximum Gasteiger partial charge on any atom is 0.303 e. The number of hydrogen-bond donors (Lipinski definition) is 2. The van der Waals surface area contributed by atoms with E-state index in [1.165, 1.54) is 0 Å². The molecule has 0 aliphatic carbocycles. The van der Waals surface area contributed by atoms with Gasteiger partial charge in [0.2, 0.25) is 0 Å². The number of carboxylic acid groups (broad SMARTS) is 1. The first-order valence-corrected chi connectivity index (χ1v) is 12.8. The molecule has 1 aromatic heterocycles. The molecule has 1 aliphatic rings. The van der Waals surface area contributed by atoms with E-state index in [0.717, 1.165) is 22.0 Å². The van der Waals surface area contributed by atoms with E-state index >= 15 is 0 Å². The second-order valence-electron chi connectivity index (χ2n) is 10.2. The summed E-state index contributed by atoms with van der Waals surface area (Å²) >= 11 is 0. The van der Waals surface area contributed by atoms with Crippen LogP contribution in [0.1, 0.15) is 54.9 Å². The third-order valence-electron chi connectivity index (χ3n) is 7.56. The van der Waals surface area contributed by atoms with Gasteiger partial charge in [0.15, 0.2) is 0 Å². The first-order valence-electron chi connectivity index (χ1n) is 12.8. The van der Waals surface area contributed by atoms with Crippen molar-refractivity contribution in [3.63, 3.8) is 0 Å². The maximum absolute atomic E-state index is 13.8. The quantitative estimate of drug-likeness (QED) is 0.373. The zero-order valence-corrected chi connectivity index (χ0v) is 21.9. The Kier molecular flexibility index (Phi) is 8.78. The molecule has 2 heterocycles. The van der Waals surface area contributed by atoms with Crippen LogP contribution in [0.25, 0.3) is 10.9 Å². The fourth-order valence-electron chi connectivity index (χ4n) is 5.37. The Morgan fingerprint density at radius 1 is 1.18 bits per heavy atom. The average molecular weight is 541 g/mol. The second kappa shape index (κ2) is 12.1. The first-order chi connectivity index (χ1) is 18.6. The van der Waals surface area contributed by atoms with Crippen molar-refractivity contribution in [1.82, 2.24) is 9.88 Å². The number of rotatable bonds is 8. The summed E-state index contributed by atoms with van der Waals surface area (Å²) in [6.45, 7) is 3.24. The Morgan fingerprint density at radius 2 is 1.87 bits per heavy atom. The van der Waals surface area contributed by atoms with E-state index in [4.69, 9.17) is 4.74 Å². The van der Waals surface area contributed by atoms with Crippen LogP contribution in [0.3, 0.4) is 0 Å². The summed E-state index contributed by atoms with van der Waals surface area (Å²) in [6.07, 6.45) is 2.96. The van der Waals surface area contributed by atoms with Crippen LogP contribution in [0.5, 0.6) is 5.75 Å². The molecule has 1 fully saturated rings. The molecule has 206 valence electrons. The van der Waals surface area contributed by atoms with Crippen LogP contribution in [-0.2, 0) is 4.79 Å². The van der Waals surface area contributed by atoms with Crippen molar-refractivity contribution in [2.75, 3.05) is 26.7 Å². The molecule has 1 saturated heterocycles. The van der Waals surface area contributed by atoms with Gasteiger partial charge < -0.3 is 14.9 Å². The van der Waals surface area contributed by atoms with E-state index in [0.29, 0.717) is 56.7 Å². The minimum absolute atomic E-state index is 0.0187. The zero-order chi connectivity index (χ0) is 28.2. The summed E-state index contributed by atoms with van der Waals surface area (Å²) in [7, 11) is 1.58. The second-order valence-corrected chi connectivity index (χ2v) is 10.2. The Morgan fingerprint density at radius 3 is 2.51 bits per heavy atom. The summed E-state index contributed by atoms with van der Waals surface area (Å²) in [5.41, 5.74) is 1.38. The van der Waals surface area contributed by atoms with E-state index in [2.05, 4.69) is 16.8 Å². The lowest BCUT2D eigenvalue weighted by Crippen LogP contribution is -2.41. The van der Waals surface area contributed by atoms with E-state index in [1.807, 2.05) is 30.0 Å². The van der Waals surface area contributed by atoms with Crippen molar-refractivity contribution in [2.45, 2.75) is 45.1 Å². The monoisotopic (exact) mass is 540 g/mol. The van der Waals surface area contributed by atoms with E-state index < -0.39 is 40.5 Å². The number of halogens is 3. The summed E-state index contributed by atoms with van der Waals surface area (Å²) in [6, 6.07) is 6.69. The van der Waals surface area contributed by atoms with Crippen molar-refractivity contribution in [3.8, 4) is 17.6 Å². The standard InChI is InChI=1S/C30H31F3N2O4/c1-19-18-34-26-6-5-21(39-2)16-23(26)29(19)27(36)7-8-30(17-28(37)38)9-12-35(13-10-30)11-3-4-22-24(32)14-20(31)15-25(22)33/h5-6,14-16,18,27,36H,7-13,17H2,1-2H3,(H,37,38). The van der Waals surface area contributed by atoms with Crippen LogP contribution in [0.15, 0.2) is 36.5 Å². The number of aryl methyl sites for hydroxylation is 1. The number of methoxy groups -OCH3 is 1. The lowest BCUT2D eigenvalue weighted by molar-refractivity contribution is -0.141. The van der Waals surface area contributed by atoms with Crippen LogP contribution in [-0.4, -0.2) is 52.8 Å². The van der Waals surface area contributed by atoms with E-state index in [1.54, 1.807) is 13.3 Å². The SMILES string of the molecule is COc1ccc2ncc(C)c(C(O)CCC3(CC(=O)O)CCN(CC#Cc4c(F)cc(F)cc4F)CC3)c2c1. The number of hydrogen-bond acceptors (Lipinski definition) is 5. The van der Waals surface area contributed by atoms with Crippen molar-refractivity contribution in [2.24, 2.45) is 5.41 Å². The molecule has 4 rings (SSSR count). The molecule has 3 aromatic rings. The summed E-state index contributed by atoms with van der Waals surface area (Å²) in [4.78, 5) is 18.2. The normalized spacial score (nSPS) is 15.9. The minimum atomic E-state index is -1.05. The number of aliphatic hydroxyl groups is 1. The number of aliphatic hydroxyl groups excluding tert-OH is 1. The average Bonchev–Trinajstić information content (AvgIpc) is 2.89. The highest BCUT2D eigenvalue weighted by molar-refractivity contribution is 5.84. The Bertz CT molecular complexity index is 1400. The highest BCUT2D eigenvalue weighted by Crippen LogP contribution is 2.42. The van der Waals surface area contributed by atoms with E-state index in [9.17, 15) is 28.2 Å². The molecule has 1 unspecified atom stereocenters. The number of benzene rings is 2. The van der Waals surface area contributed by atoms with Gasteiger partial charge in [-0.05, 0) is 80.4 Å². The lowest BCUT2D eigenvalue weighted by atomic mass is 9.71. The molecule has 1 aliphatic heterocycles. The largest absolute Gasteiger partial charge is 0.497 e. The third-order valence-corrected chi connectivity index (χ3v) is 7.56. The number of ether oxygens (including phenoxy) is 1. The van der Waals surface area contributed by atoms with Crippen molar-refractivity contribution < 1.29 is 32.9 Å². The van der Waals surface area contributed by atoms with Crippen LogP contribution in [0.2, 0.25) is 0 Å². The molecule has 2 N–H and O–H groups in total. The molecule has 0 radical (unpaired) electrons. The van der Waals surface area contributed by atoms with Gasteiger partial charge in [-0.15, -0.1) is 0 Å². The summed E-state index contributed by atoms with van der Waals surface area (Å²) < 4.78 is 46.1. The first kappa shape index (κ1) is 28.4. The number of piperidine rings is 1. The Hall–Kier alpha value is -3.61. The van der Waals surface area contributed by atoms with Crippen LogP contribution < -0.4 is 4.74 Å². The number of aliphatic carboxylic acids is 1. The topological polar surface area (TPSA) is 82.9 Å². The number of fused-ring (bicyclic) bond motifs is 1. The van der Waals surface area contributed by atoms with Gasteiger partial charge in [0.1, 0.15) is 23.2 Å². The number of likely N-dealkylation sites (tertiary alicyclic amines) is 1. The van der Waals surface area contributed by atoms with Gasteiger partial charge in [-0.1, -0.05) is 11.8 Å². The smallest absolute Gasteiger partial charge is 0.303 e. The molecular weight excluding hydrogens is 509 g/mol. The molecule has 6 nitrogen and oxygen atoms in total. The van der Waals surface area contributed by atoms with Crippen LogP contribution >= 0.6 is 0 Å². The summed E-state index contributed by atoms with van der Waals surface area (Å²) in [5, 5.41) is 21.7. The molecule has 1 atom stereocenters. The zero-order valence-electron chi connectivity index (χ0n) is 21.9.